The normalized spacial score (nSPS) is 10.7. The number of rotatable bonds is 9. The summed E-state index contributed by atoms with van der Waals surface area (Å²) in [5, 5.41) is 5.93. The maximum atomic E-state index is 12.4. The smallest absolute Gasteiger partial charge is 0.227 e. The second kappa shape index (κ2) is 9.36. The minimum atomic E-state index is 0.0383. The molecule has 1 aromatic carbocycles. The number of hydrogen-bond acceptors (Lipinski definition) is 7. The average Bonchev–Trinajstić information content (AvgIpc) is 3.41. The van der Waals surface area contributed by atoms with Crippen LogP contribution in [0.15, 0.2) is 40.2 Å². The quantitative estimate of drug-likeness (QED) is 0.547. The lowest BCUT2D eigenvalue weighted by molar-refractivity contribution is -0.129. The average molecular weight is 401 g/mol. The van der Waals surface area contributed by atoms with Crippen molar-refractivity contribution in [2.24, 2.45) is 0 Å². The molecule has 1 amide bonds. The number of aryl methyl sites for hydroxylation is 1. The summed E-state index contributed by atoms with van der Waals surface area (Å²) in [6, 6.07) is 9.65. The highest BCUT2D eigenvalue weighted by molar-refractivity contribution is 7.13. The van der Waals surface area contributed by atoms with Gasteiger partial charge in [-0.25, -0.2) is 0 Å². The molecule has 8 heteroatoms. The van der Waals surface area contributed by atoms with E-state index in [0.717, 1.165) is 16.9 Å². The number of thiophene rings is 1. The number of aromatic nitrogens is 2. The van der Waals surface area contributed by atoms with Gasteiger partial charge in [-0.1, -0.05) is 17.3 Å². The molecule has 0 saturated heterocycles. The van der Waals surface area contributed by atoms with E-state index >= 15 is 0 Å². The van der Waals surface area contributed by atoms with E-state index in [-0.39, 0.29) is 5.91 Å². The zero-order valence-electron chi connectivity index (χ0n) is 16.2. The van der Waals surface area contributed by atoms with Crippen LogP contribution in [-0.4, -0.2) is 48.8 Å². The summed E-state index contributed by atoms with van der Waals surface area (Å²) < 4.78 is 15.8. The predicted molar refractivity (Wildman–Crippen MR) is 107 cm³/mol. The molecule has 0 aliphatic heterocycles. The van der Waals surface area contributed by atoms with Gasteiger partial charge in [-0.05, 0) is 35.6 Å². The second-order valence-electron chi connectivity index (χ2n) is 6.24. The highest BCUT2D eigenvalue weighted by atomic mass is 32.1. The number of benzene rings is 1. The largest absolute Gasteiger partial charge is 0.493 e. The molecular weight excluding hydrogens is 378 g/mol. The Morgan fingerprint density at radius 3 is 2.71 bits per heavy atom. The van der Waals surface area contributed by atoms with Crippen LogP contribution in [0, 0.1) is 0 Å². The Kier molecular flexibility index (Phi) is 6.65. The van der Waals surface area contributed by atoms with Gasteiger partial charge >= 0.3 is 0 Å². The Morgan fingerprint density at radius 1 is 1.18 bits per heavy atom. The molecule has 7 nitrogen and oxygen atoms in total. The summed E-state index contributed by atoms with van der Waals surface area (Å²) >= 11 is 1.55. The van der Waals surface area contributed by atoms with Crippen LogP contribution in [0.4, 0.5) is 0 Å². The molecule has 28 heavy (non-hydrogen) atoms. The molecule has 0 saturated carbocycles. The van der Waals surface area contributed by atoms with Crippen LogP contribution in [0.25, 0.3) is 10.7 Å². The van der Waals surface area contributed by atoms with Crippen molar-refractivity contribution in [3.05, 3.63) is 47.2 Å². The van der Waals surface area contributed by atoms with Crippen LogP contribution in [-0.2, 0) is 17.6 Å². The minimum Gasteiger partial charge on any atom is -0.493 e. The van der Waals surface area contributed by atoms with Crippen molar-refractivity contribution < 1.29 is 18.8 Å². The number of likely N-dealkylation sites (N-methyl/N-ethyl adjacent to an activating group) is 1. The molecule has 3 aromatic rings. The maximum absolute atomic E-state index is 12.4. The van der Waals surface area contributed by atoms with Crippen LogP contribution in [0.5, 0.6) is 11.5 Å². The van der Waals surface area contributed by atoms with Gasteiger partial charge in [-0.15, -0.1) is 11.3 Å². The van der Waals surface area contributed by atoms with Crippen LogP contribution < -0.4 is 9.47 Å². The molecule has 0 fully saturated rings. The highest BCUT2D eigenvalue weighted by Gasteiger charge is 2.14. The van der Waals surface area contributed by atoms with Crippen LogP contribution in [0.2, 0.25) is 0 Å². The third-order valence-corrected chi connectivity index (χ3v) is 5.24. The third-order valence-electron chi connectivity index (χ3n) is 4.37. The standard InChI is InChI=1S/C20H23N3O4S/c1-23(11-10-14-6-7-15(25-2)16(13-14)26-3)19(24)9-8-18-21-20(22-27-18)17-5-4-12-28-17/h4-7,12-13H,8-11H2,1-3H3. The van der Waals surface area contributed by atoms with Crippen LogP contribution in [0.1, 0.15) is 17.9 Å². The first-order valence-electron chi connectivity index (χ1n) is 8.92. The van der Waals surface area contributed by atoms with Gasteiger partial charge in [0.05, 0.1) is 19.1 Å². The monoisotopic (exact) mass is 401 g/mol. The molecule has 0 N–H and O–H groups in total. The molecule has 0 aliphatic carbocycles. The Bertz CT molecular complexity index is 908. The number of carbonyl (C=O) groups is 1. The van der Waals surface area contributed by atoms with E-state index in [2.05, 4.69) is 10.1 Å². The van der Waals surface area contributed by atoms with Gasteiger partial charge in [0.25, 0.3) is 0 Å². The third kappa shape index (κ3) is 4.89. The molecule has 148 valence electrons. The zero-order chi connectivity index (χ0) is 19.9. The second-order valence-corrected chi connectivity index (χ2v) is 7.19. The number of hydrogen-bond donors (Lipinski definition) is 0. The summed E-state index contributed by atoms with van der Waals surface area (Å²) in [7, 11) is 5.02. The van der Waals surface area contributed by atoms with Crippen molar-refractivity contribution in [2.75, 3.05) is 27.8 Å². The first-order chi connectivity index (χ1) is 13.6. The van der Waals surface area contributed by atoms with Crippen molar-refractivity contribution in [1.29, 1.82) is 0 Å². The fourth-order valence-corrected chi connectivity index (χ4v) is 3.37. The molecule has 0 atom stereocenters. The van der Waals surface area contributed by atoms with Crippen molar-refractivity contribution in [2.45, 2.75) is 19.3 Å². The number of amides is 1. The van der Waals surface area contributed by atoms with Gasteiger partial charge in [0.2, 0.25) is 17.6 Å². The summed E-state index contributed by atoms with van der Waals surface area (Å²) in [5.74, 6) is 2.46. The van der Waals surface area contributed by atoms with Crippen molar-refractivity contribution in [3.63, 3.8) is 0 Å². The topological polar surface area (TPSA) is 77.7 Å². The van der Waals surface area contributed by atoms with Gasteiger partial charge in [0.15, 0.2) is 11.5 Å². The molecule has 0 spiro atoms. The van der Waals surface area contributed by atoms with Crippen LogP contribution >= 0.6 is 11.3 Å². The highest BCUT2D eigenvalue weighted by Crippen LogP contribution is 2.27. The first-order valence-corrected chi connectivity index (χ1v) is 9.80. The zero-order valence-corrected chi connectivity index (χ0v) is 17.0. The van der Waals surface area contributed by atoms with E-state index < -0.39 is 0 Å². The van der Waals surface area contributed by atoms with E-state index in [4.69, 9.17) is 14.0 Å². The lowest BCUT2D eigenvalue weighted by atomic mass is 10.1. The van der Waals surface area contributed by atoms with E-state index in [1.165, 1.54) is 0 Å². The van der Waals surface area contributed by atoms with E-state index in [9.17, 15) is 4.79 Å². The van der Waals surface area contributed by atoms with E-state index in [1.54, 1.807) is 37.5 Å². The molecule has 3 rings (SSSR count). The summed E-state index contributed by atoms with van der Waals surface area (Å²) in [6.45, 7) is 0.610. The summed E-state index contributed by atoms with van der Waals surface area (Å²) in [6.07, 6.45) is 1.48. The number of methoxy groups -OCH3 is 2. The summed E-state index contributed by atoms with van der Waals surface area (Å²) in [4.78, 5) is 19.4. The Balaban J connectivity index is 1.48. The molecule has 2 aromatic heterocycles. The maximum Gasteiger partial charge on any atom is 0.227 e. The van der Waals surface area contributed by atoms with Crippen molar-refractivity contribution >= 4 is 17.2 Å². The first kappa shape index (κ1) is 19.9. The Morgan fingerprint density at radius 2 is 2.00 bits per heavy atom. The summed E-state index contributed by atoms with van der Waals surface area (Å²) in [5.41, 5.74) is 1.08. The van der Waals surface area contributed by atoms with Crippen LogP contribution in [0.3, 0.4) is 0 Å². The van der Waals surface area contributed by atoms with Crippen molar-refractivity contribution in [1.82, 2.24) is 15.0 Å². The van der Waals surface area contributed by atoms with Gasteiger partial charge in [0, 0.05) is 26.4 Å². The van der Waals surface area contributed by atoms with Gasteiger partial charge in [0.1, 0.15) is 0 Å². The minimum absolute atomic E-state index is 0.0383. The molecule has 0 radical (unpaired) electrons. The molecule has 0 unspecified atom stereocenters. The van der Waals surface area contributed by atoms with Crippen molar-refractivity contribution in [3.8, 4) is 22.2 Å². The molecule has 2 heterocycles. The predicted octanol–water partition coefficient (Wildman–Crippen LogP) is 3.45. The fraction of sp³-hybridized carbons (Fsp3) is 0.350. The van der Waals surface area contributed by atoms with Gasteiger partial charge in [-0.3, -0.25) is 4.79 Å². The molecule has 0 aliphatic rings. The van der Waals surface area contributed by atoms with E-state index in [0.29, 0.717) is 42.6 Å². The molecule has 0 bridgehead atoms. The SMILES string of the molecule is COc1ccc(CCN(C)C(=O)CCc2nc(-c3cccs3)no2)cc1OC. The number of ether oxygens (including phenoxy) is 2. The Labute approximate surface area is 167 Å². The van der Waals surface area contributed by atoms with Gasteiger partial charge < -0.3 is 18.9 Å². The molecular formula is C20H23N3O4S. The Hall–Kier alpha value is -2.87. The van der Waals surface area contributed by atoms with E-state index in [1.807, 2.05) is 35.7 Å². The number of nitrogens with zero attached hydrogens (tertiary/aromatic N) is 3. The lowest BCUT2D eigenvalue weighted by Crippen LogP contribution is -2.29. The lowest BCUT2D eigenvalue weighted by Gasteiger charge is -2.17. The van der Waals surface area contributed by atoms with Gasteiger partial charge in [-0.2, -0.15) is 4.98 Å². The fourth-order valence-electron chi connectivity index (χ4n) is 2.72. The number of carbonyl (C=O) groups excluding carboxylic acids is 1.